The normalized spacial score (nSPS) is 11.1. The minimum Gasteiger partial charge on any atom is -0.332 e. The molecule has 4 aromatic rings. The zero-order chi connectivity index (χ0) is 22.6. The van der Waals surface area contributed by atoms with E-state index in [9.17, 15) is 18.0 Å². The predicted molar refractivity (Wildman–Crippen MR) is 121 cm³/mol. The maximum atomic E-state index is 13.1. The van der Waals surface area contributed by atoms with Crippen molar-refractivity contribution in [2.45, 2.75) is 6.18 Å². The van der Waals surface area contributed by atoms with E-state index < -0.39 is 17.8 Å². The van der Waals surface area contributed by atoms with E-state index in [1.807, 2.05) is 41.8 Å². The van der Waals surface area contributed by atoms with Gasteiger partial charge in [0, 0.05) is 22.3 Å². The molecule has 0 saturated carbocycles. The fourth-order valence-electron chi connectivity index (χ4n) is 2.99. The third-order valence-electron chi connectivity index (χ3n) is 4.43. The van der Waals surface area contributed by atoms with Gasteiger partial charge in [0.15, 0.2) is 5.13 Å². The molecular weight excluding hydrogens is 437 g/mol. The first-order chi connectivity index (χ1) is 15.4. The number of alkyl halides is 3. The lowest BCUT2D eigenvalue weighted by atomic mass is 10.1. The summed E-state index contributed by atoms with van der Waals surface area (Å²) in [5, 5.41) is 10.6. The van der Waals surface area contributed by atoms with Crippen LogP contribution >= 0.6 is 11.3 Å². The lowest BCUT2D eigenvalue weighted by Gasteiger charge is -2.14. The third-order valence-corrected chi connectivity index (χ3v) is 5.18. The van der Waals surface area contributed by atoms with Crippen LogP contribution in [0.1, 0.15) is 5.56 Å². The molecule has 0 atom stereocenters. The van der Waals surface area contributed by atoms with Crippen molar-refractivity contribution in [3.05, 3.63) is 89.8 Å². The average Bonchev–Trinajstić information content (AvgIpc) is 3.23. The van der Waals surface area contributed by atoms with Crippen LogP contribution in [0.5, 0.6) is 0 Å². The first kappa shape index (κ1) is 21.4. The summed E-state index contributed by atoms with van der Waals surface area (Å²) in [4.78, 5) is 16.9. The van der Waals surface area contributed by atoms with Crippen molar-refractivity contribution in [2.24, 2.45) is 0 Å². The van der Waals surface area contributed by atoms with Crippen molar-refractivity contribution < 1.29 is 18.0 Å². The molecule has 162 valence electrons. The molecule has 0 unspecified atom stereocenters. The molecule has 5 nitrogen and oxygen atoms in total. The number of hydrogen-bond donors (Lipinski definition) is 3. The second kappa shape index (κ2) is 9.11. The van der Waals surface area contributed by atoms with Crippen LogP contribution < -0.4 is 16.0 Å². The van der Waals surface area contributed by atoms with Crippen LogP contribution in [-0.2, 0) is 6.18 Å². The van der Waals surface area contributed by atoms with E-state index in [1.54, 1.807) is 18.2 Å². The fraction of sp³-hybridized carbons (Fsp3) is 0.0435. The SMILES string of the molecule is O=C(Nc1cccc(-c2csc(Nc3ccccc3)n2)c1)Nc1ccccc1C(F)(F)F. The van der Waals surface area contributed by atoms with Crippen molar-refractivity contribution in [1.29, 1.82) is 0 Å². The average molecular weight is 454 g/mol. The van der Waals surface area contributed by atoms with Crippen LogP contribution in [0.25, 0.3) is 11.3 Å². The van der Waals surface area contributed by atoms with E-state index in [0.717, 1.165) is 17.3 Å². The van der Waals surface area contributed by atoms with Gasteiger partial charge in [0.05, 0.1) is 16.9 Å². The van der Waals surface area contributed by atoms with Gasteiger partial charge in [-0.2, -0.15) is 13.2 Å². The number of hydrogen-bond acceptors (Lipinski definition) is 4. The minimum atomic E-state index is -4.57. The molecular formula is C23H17F3N4OS. The molecule has 0 aliphatic carbocycles. The quantitative estimate of drug-likeness (QED) is 0.298. The number of carbonyl (C=O) groups excluding carboxylic acids is 1. The van der Waals surface area contributed by atoms with Gasteiger partial charge >= 0.3 is 12.2 Å². The van der Waals surface area contributed by atoms with E-state index >= 15 is 0 Å². The molecule has 0 bridgehead atoms. The summed E-state index contributed by atoms with van der Waals surface area (Å²) in [6, 6.07) is 20.6. The Morgan fingerprint density at radius 2 is 1.56 bits per heavy atom. The number of benzene rings is 3. The molecule has 4 rings (SSSR count). The smallest absolute Gasteiger partial charge is 0.332 e. The van der Waals surface area contributed by atoms with Crippen LogP contribution in [0.15, 0.2) is 84.2 Å². The highest BCUT2D eigenvalue weighted by Gasteiger charge is 2.33. The summed E-state index contributed by atoms with van der Waals surface area (Å²) in [6.07, 6.45) is -4.57. The fourth-order valence-corrected chi connectivity index (χ4v) is 3.73. The standard InChI is InChI=1S/C23H17F3N4OS/c24-23(25,26)18-11-4-5-12-19(18)29-21(31)27-17-10-6-7-15(13-17)20-14-32-22(30-20)28-16-8-2-1-3-9-16/h1-14H,(H,28,30)(H2,27,29,31). The summed E-state index contributed by atoms with van der Waals surface area (Å²) < 4.78 is 39.4. The Bertz CT molecular complexity index is 1230. The first-order valence-electron chi connectivity index (χ1n) is 9.51. The molecule has 0 aliphatic heterocycles. The van der Waals surface area contributed by atoms with Gasteiger partial charge in [0.1, 0.15) is 0 Å². The van der Waals surface area contributed by atoms with Gasteiger partial charge in [-0.15, -0.1) is 11.3 Å². The second-order valence-electron chi connectivity index (χ2n) is 6.73. The van der Waals surface area contributed by atoms with Crippen LogP contribution in [0.4, 0.5) is 40.2 Å². The zero-order valence-electron chi connectivity index (χ0n) is 16.5. The predicted octanol–water partition coefficient (Wildman–Crippen LogP) is 7.22. The highest BCUT2D eigenvalue weighted by atomic mass is 32.1. The Morgan fingerprint density at radius 1 is 0.844 bits per heavy atom. The zero-order valence-corrected chi connectivity index (χ0v) is 17.3. The van der Waals surface area contributed by atoms with Crippen molar-refractivity contribution in [1.82, 2.24) is 4.98 Å². The summed E-state index contributed by atoms with van der Waals surface area (Å²) in [5.74, 6) is 0. The maximum absolute atomic E-state index is 13.1. The van der Waals surface area contributed by atoms with Crippen molar-refractivity contribution >= 4 is 39.6 Å². The van der Waals surface area contributed by atoms with Gasteiger partial charge in [-0.25, -0.2) is 9.78 Å². The number of carbonyl (C=O) groups is 1. The van der Waals surface area contributed by atoms with Crippen LogP contribution in [0.3, 0.4) is 0 Å². The lowest BCUT2D eigenvalue weighted by molar-refractivity contribution is -0.136. The van der Waals surface area contributed by atoms with Crippen LogP contribution in [-0.4, -0.2) is 11.0 Å². The molecule has 1 heterocycles. The molecule has 9 heteroatoms. The minimum absolute atomic E-state index is 0.315. The summed E-state index contributed by atoms with van der Waals surface area (Å²) in [5.41, 5.74) is 1.58. The van der Waals surface area contributed by atoms with Gasteiger partial charge in [0.25, 0.3) is 0 Å². The highest BCUT2D eigenvalue weighted by Crippen LogP contribution is 2.34. The van der Waals surface area contributed by atoms with Gasteiger partial charge < -0.3 is 16.0 Å². The Labute approximate surface area is 186 Å². The lowest BCUT2D eigenvalue weighted by Crippen LogP contribution is -2.21. The molecule has 0 fully saturated rings. The number of halogens is 3. The molecule has 2 amide bonds. The first-order valence-corrected chi connectivity index (χ1v) is 10.4. The van der Waals surface area contributed by atoms with Gasteiger partial charge in [-0.3, -0.25) is 0 Å². The summed E-state index contributed by atoms with van der Waals surface area (Å²) >= 11 is 1.44. The number of urea groups is 1. The van der Waals surface area contributed by atoms with E-state index in [-0.39, 0.29) is 5.69 Å². The van der Waals surface area contributed by atoms with E-state index in [4.69, 9.17) is 0 Å². The maximum Gasteiger partial charge on any atom is 0.418 e. The van der Waals surface area contributed by atoms with Gasteiger partial charge in [-0.1, -0.05) is 42.5 Å². The molecule has 0 spiro atoms. The number of rotatable bonds is 5. The Balaban J connectivity index is 1.46. The summed E-state index contributed by atoms with van der Waals surface area (Å²) in [6.45, 7) is 0. The highest BCUT2D eigenvalue weighted by molar-refractivity contribution is 7.14. The van der Waals surface area contributed by atoms with E-state index in [2.05, 4.69) is 20.9 Å². The number of nitrogens with one attached hydrogen (secondary N) is 3. The van der Waals surface area contributed by atoms with Crippen molar-refractivity contribution in [2.75, 3.05) is 16.0 Å². The van der Waals surface area contributed by atoms with Gasteiger partial charge in [-0.05, 0) is 36.4 Å². The number of aromatic nitrogens is 1. The Morgan fingerprint density at radius 3 is 2.34 bits per heavy atom. The largest absolute Gasteiger partial charge is 0.418 e. The second-order valence-corrected chi connectivity index (χ2v) is 7.59. The molecule has 3 aromatic carbocycles. The molecule has 1 aromatic heterocycles. The number of amides is 2. The monoisotopic (exact) mass is 454 g/mol. The molecule has 0 radical (unpaired) electrons. The van der Waals surface area contributed by atoms with E-state index in [1.165, 1.54) is 29.5 Å². The topological polar surface area (TPSA) is 66.0 Å². The Kier molecular flexibility index (Phi) is 6.09. The molecule has 0 saturated heterocycles. The number of para-hydroxylation sites is 2. The third kappa shape index (κ3) is 5.25. The van der Waals surface area contributed by atoms with Gasteiger partial charge in [0.2, 0.25) is 0 Å². The van der Waals surface area contributed by atoms with E-state index in [0.29, 0.717) is 16.5 Å². The van der Waals surface area contributed by atoms with Crippen LogP contribution in [0, 0.1) is 0 Å². The molecule has 32 heavy (non-hydrogen) atoms. The molecule has 0 aliphatic rings. The number of anilines is 4. The van der Waals surface area contributed by atoms with Crippen molar-refractivity contribution in [3.63, 3.8) is 0 Å². The Hall–Kier alpha value is -3.85. The number of thiazole rings is 1. The molecule has 3 N–H and O–H groups in total. The van der Waals surface area contributed by atoms with Crippen molar-refractivity contribution in [3.8, 4) is 11.3 Å². The summed E-state index contributed by atoms with van der Waals surface area (Å²) in [7, 11) is 0. The number of nitrogens with zero attached hydrogens (tertiary/aromatic N) is 1. The van der Waals surface area contributed by atoms with Crippen LogP contribution in [0.2, 0.25) is 0 Å².